The van der Waals surface area contributed by atoms with E-state index in [2.05, 4.69) is 101 Å². The van der Waals surface area contributed by atoms with Gasteiger partial charge in [-0.25, -0.2) is 8.78 Å². The predicted octanol–water partition coefficient (Wildman–Crippen LogP) is 5.93. The largest absolute Gasteiger partial charge is 0.395 e. The lowest BCUT2D eigenvalue weighted by Gasteiger charge is -2.30. The van der Waals surface area contributed by atoms with Crippen LogP contribution in [0.3, 0.4) is 0 Å². The van der Waals surface area contributed by atoms with Gasteiger partial charge >= 0.3 is 0 Å². The molecule has 1 unspecified atom stereocenters. The van der Waals surface area contributed by atoms with Crippen molar-refractivity contribution in [3.63, 3.8) is 0 Å². The zero-order valence-electron chi connectivity index (χ0n) is 31.0. The van der Waals surface area contributed by atoms with Gasteiger partial charge in [0, 0.05) is 67.4 Å². The first-order valence-electron chi connectivity index (χ1n) is 17.9. The molecular formula is C36H72F2N6O. The number of nitrogens with one attached hydrogen (secondary N) is 5. The highest BCUT2D eigenvalue weighted by Gasteiger charge is 2.52. The fourth-order valence-corrected chi connectivity index (χ4v) is 6.29. The molecule has 2 aliphatic carbocycles. The van der Waals surface area contributed by atoms with E-state index in [9.17, 15) is 8.78 Å². The molecule has 6 N–H and O–H groups in total. The Kier molecular flexibility index (Phi) is 19.7. The van der Waals surface area contributed by atoms with Crippen molar-refractivity contribution in [3.8, 4) is 0 Å². The van der Waals surface area contributed by atoms with Crippen molar-refractivity contribution in [2.45, 2.75) is 163 Å². The molecule has 0 spiro atoms. The highest BCUT2D eigenvalue weighted by Crippen LogP contribution is 2.41. The summed E-state index contributed by atoms with van der Waals surface area (Å²) in [6.45, 7) is 30.3. The Morgan fingerprint density at radius 1 is 0.844 bits per heavy atom. The molecule has 4 atom stereocenters. The molecule has 266 valence electrons. The smallest absolute Gasteiger partial charge is 0.248 e. The molecule has 4 rings (SSSR count). The summed E-state index contributed by atoms with van der Waals surface area (Å²) in [7, 11) is 0. The summed E-state index contributed by atoms with van der Waals surface area (Å²) < 4.78 is 25.4. The van der Waals surface area contributed by atoms with Crippen LogP contribution in [0.25, 0.3) is 0 Å². The molecule has 0 aromatic rings. The molecule has 45 heavy (non-hydrogen) atoms. The maximum atomic E-state index is 12.7. The van der Waals surface area contributed by atoms with Crippen molar-refractivity contribution in [1.29, 1.82) is 0 Å². The maximum absolute atomic E-state index is 12.7. The third-order valence-electron chi connectivity index (χ3n) is 8.64. The van der Waals surface area contributed by atoms with Gasteiger partial charge in [-0.1, -0.05) is 69.2 Å². The number of hydrogen-bond donors (Lipinski definition) is 6. The molecule has 2 saturated carbocycles. The Labute approximate surface area is 276 Å². The molecule has 4 aliphatic rings. The molecular weight excluding hydrogens is 570 g/mol. The fourth-order valence-electron chi connectivity index (χ4n) is 6.29. The monoisotopic (exact) mass is 643 g/mol. The second-order valence-electron chi connectivity index (χ2n) is 15.3. The van der Waals surface area contributed by atoms with Crippen LogP contribution >= 0.6 is 0 Å². The van der Waals surface area contributed by atoms with Crippen LogP contribution in [0.4, 0.5) is 8.78 Å². The van der Waals surface area contributed by atoms with Crippen molar-refractivity contribution in [1.82, 2.24) is 26.6 Å². The van der Waals surface area contributed by atoms with Crippen LogP contribution < -0.4 is 26.6 Å². The Bertz CT molecular complexity index is 844. The summed E-state index contributed by atoms with van der Waals surface area (Å²) in [5.41, 5.74) is 4.03. The molecule has 0 radical (unpaired) electrons. The Morgan fingerprint density at radius 3 is 1.80 bits per heavy atom. The van der Waals surface area contributed by atoms with Gasteiger partial charge in [0.25, 0.3) is 0 Å². The first-order chi connectivity index (χ1) is 20.9. The molecule has 0 bridgehead atoms. The number of rotatable bonds is 12. The van der Waals surface area contributed by atoms with Crippen LogP contribution in [0.2, 0.25) is 0 Å². The zero-order valence-corrected chi connectivity index (χ0v) is 31.0. The van der Waals surface area contributed by atoms with Gasteiger partial charge in [0.2, 0.25) is 5.92 Å². The molecule has 9 heteroatoms. The molecule has 2 aliphatic heterocycles. The van der Waals surface area contributed by atoms with Gasteiger partial charge in [0.05, 0.1) is 13.2 Å². The number of piperidine rings is 1. The first kappa shape index (κ1) is 42.1. The minimum Gasteiger partial charge on any atom is -0.395 e. The topological polar surface area (TPSA) is 92.7 Å². The predicted molar refractivity (Wildman–Crippen MR) is 190 cm³/mol. The summed E-state index contributed by atoms with van der Waals surface area (Å²) in [4.78, 5) is 4.38. The van der Waals surface area contributed by atoms with E-state index in [1.807, 2.05) is 13.8 Å². The van der Waals surface area contributed by atoms with Gasteiger partial charge in [-0.2, -0.15) is 0 Å². The highest BCUT2D eigenvalue weighted by atomic mass is 19.3. The third-order valence-corrected chi connectivity index (χ3v) is 8.64. The number of alkyl halides is 2. The van der Waals surface area contributed by atoms with Crippen LogP contribution in [0, 0.1) is 17.8 Å². The average molecular weight is 643 g/mol. The van der Waals surface area contributed by atoms with Crippen molar-refractivity contribution in [3.05, 3.63) is 11.1 Å². The van der Waals surface area contributed by atoms with Gasteiger partial charge < -0.3 is 31.7 Å². The summed E-state index contributed by atoms with van der Waals surface area (Å²) in [5, 5.41) is 25.9. The summed E-state index contributed by atoms with van der Waals surface area (Å²) in [6, 6.07) is 3.52. The Hall–Kier alpha value is -0.970. The van der Waals surface area contributed by atoms with E-state index < -0.39 is 5.92 Å². The van der Waals surface area contributed by atoms with Crippen molar-refractivity contribution >= 4 is 5.71 Å². The second kappa shape index (κ2) is 21.1. The van der Waals surface area contributed by atoms with Crippen LogP contribution in [0.5, 0.6) is 0 Å². The summed E-state index contributed by atoms with van der Waals surface area (Å²) in [5.74, 6) is 0.179. The molecule has 3 fully saturated rings. The number of fused-ring (bicyclic) bond motifs is 1. The van der Waals surface area contributed by atoms with E-state index in [1.165, 1.54) is 29.9 Å². The van der Waals surface area contributed by atoms with E-state index in [4.69, 9.17) is 5.11 Å². The summed E-state index contributed by atoms with van der Waals surface area (Å²) >= 11 is 0. The van der Waals surface area contributed by atoms with Gasteiger partial charge in [0.15, 0.2) is 0 Å². The zero-order chi connectivity index (χ0) is 34.3. The van der Waals surface area contributed by atoms with Gasteiger partial charge in [0.1, 0.15) is 0 Å². The number of nitrogens with zero attached hydrogens (tertiary/aromatic N) is 1. The molecule has 0 amide bonds. The van der Waals surface area contributed by atoms with Crippen LogP contribution in [0.15, 0.2) is 16.1 Å². The van der Waals surface area contributed by atoms with Crippen molar-refractivity contribution in [2.24, 2.45) is 22.7 Å². The van der Waals surface area contributed by atoms with E-state index in [0.29, 0.717) is 49.0 Å². The third kappa shape index (κ3) is 18.2. The van der Waals surface area contributed by atoms with Gasteiger partial charge in [-0.05, 0) is 75.1 Å². The molecule has 2 heterocycles. The van der Waals surface area contributed by atoms with Crippen LogP contribution in [-0.2, 0) is 0 Å². The highest BCUT2D eigenvalue weighted by molar-refractivity contribution is 6.01. The Morgan fingerprint density at radius 2 is 1.40 bits per heavy atom. The van der Waals surface area contributed by atoms with Crippen molar-refractivity contribution in [2.75, 3.05) is 32.8 Å². The standard InChI is InChI=1S/C10H18N2.C9H17F2N.C9H21NO.C8H16N2/c1-7(2)11-6-10-8(3)5-12-9(10)4;1-7(2)12-8-3-5-9(10,11)6-4-8;1-7(2)5-9(6-11)10-8(3)4;1-5(2)10-8-6-3-9-4-7(6)8/h7,11H,5-6H2,1-4H3;7-8,12H,3-6H2,1-2H3;7-11H,5-6H2,1-4H3;5-10H,3-4H2,1-2H3/t;;9-;6-,7+,8?/m..1./s1. The van der Waals surface area contributed by atoms with Crippen molar-refractivity contribution < 1.29 is 13.9 Å². The fraction of sp³-hybridized carbons (Fsp3) is 0.917. The minimum atomic E-state index is -2.39. The molecule has 0 aromatic carbocycles. The van der Waals surface area contributed by atoms with Gasteiger partial charge in [-0.3, -0.25) is 4.99 Å². The van der Waals surface area contributed by atoms with Crippen LogP contribution in [-0.4, -0.2) is 91.8 Å². The SMILES string of the molecule is CC(C)C[C@H](CO)NC(C)C.CC(C)NC1CCC(F)(F)CC1.CC(C)NC1[C@H]2CNC[C@@H]12.CC1=NCC(C)=C1CNC(C)C. The van der Waals surface area contributed by atoms with E-state index in [1.54, 1.807) is 0 Å². The number of halogens is 2. The lowest BCUT2D eigenvalue weighted by atomic mass is 9.92. The quantitative estimate of drug-likeness (QED) is 0.158. The number of aliphatic hydroxyl groups excluding tert-OH is 1. The average Bonchev–Trinajstić information content (AvgIpc) is 3.22. The molecule has 1 saturated heterocycles. The van der Waals surface area contributed by atoms with E-state index >= 15 is 0 Å². The number of hydrogen-bond acceptors (Lipinski definition) is 7. The molecule has 7 nitrogen and oxygen atoms in total. The lowest BCUT2D eigenvalue weighted by molar-refractivity contribution is -0.0409. The second-order valence-corrected chi connectivity index (χ2v) is 15.3. The Balaban J connectivity index is 0.000000301. The maximum Gasteiger partial charge on any atom is 0.248 e. The van der Waals surface area contributed by atoms with Gasteiger partial charge in [-0.15, -0.1) is 0 Å². The summed E-state index contributed by atoms with van der Waals surface area (Å²) in [6.07, 6.45) is 2.39. The minimum absolute atomic E-state index is 0.0530. The van der Waals surface area contributed by atoms with E-state index in [-0.39, 0.29) is 25.5 Å². The molecule has 0 aromatic heterocycles. The number of aliphatic imine (C=N–C) groups is 1. The van der Waals surface area contributed by atoms with E-state index in [0.717, 1.165) is 37.4 Å². The normalized spacial score (nSPS) is 24.6. The first-order valence-corrected chi connectivity index (χ1v) is 17.9. The van der Waals surface area contributed by atoms with Crippen LogP contribution in [0.1, 0.15) is 115 Å². The number of aliphatic hydroxyl groups is 1. The lowest BCUT2D eigenvalue weighted by Crippen LogP contribution is -2.40.